The standard InChI is InChI=1S/C15H20O4/c1-9-11(16)8-15(13(18)19-14(9,15)2)12(17)10-6-4-3-5-7-10/h4,6,9-10,12,17H,3,5,7-8H2,1-2H3/t9-,10-,12+,14+,15-/m1/s1. The summed E-state index contributed by atoms with van der Waals surface area (Å²) in [5.41, 5.74) is -1.85. The molecule has 4 nitrogen and oxygen atoms in total. The highest BCUT2D eigenvalue weighted by Crippen LogP contribution is 2.61. The maximum Gasteiger partial charge on any atom is 0.319 e. The number of ether oxygens (including phenoxy) is 1. The Kier molecular flexibility index (Phi) is 2.65. The summed E-state index contributed by atoms with van der Waals surface area (Å²) < 4.78 is 5.30. The Morgan fingerprint density at radius 3 is 2.74 bits per heavy atom. The molecule has 0 spiro atoms. The number of hydrogen-bond acceptors (Lipinski definition) is 4. The number of carbonyl (C=O) groups excluding carboxylic acids is 2. The first-order valence-corrected chi connectivity index (χ1v) is 7.04. The zero-order valence-corrected chi connectivity index (χ0v) is 11.4. The predicted octanol–water partition coefficient (Wildman–Crippen LogP) is 1.61. The minimum absolute atomic E-state index is 0.0205. The average molecular weight is 264 g/mol. The van der Waals surface area contributed by atoms with Crippen LogP contribution in [-0.4, -0.2) is 28.6 Å². The van der Waals surface area contributed by atoms with Gasteiger partial charge in [-0.3, -0.25) is 9.59 Å². The number of allylic oxidation sites excluding steroid dienone is 1. The fraction of sp³-hybridized carbons (Fsp3) is 0.733. The monoisotopic (exact) mass is 264 g/mol. The van der Waals surface area contributed by atoms with Crippen molar-refractivity contribution in [2.75, 3.05) is 0 Å². The lowest BCUT2D eigenvalue weighted by Crippen LogP contribution is -2.70. The highest BCUT2D eigenvalue weighted by atomic mass is 16.6. The number of aliphatic hydroxyl groups is 1. The SMILES string of the molecule is C[C@@H]1C(=O)C[C@@]2([C@@H](O)[C@@H]3C=CCCC3)C(=O)O[C@@]12C. The molecule has 0 aromatic rings. The summed E-state index contributed by atoms with van der Waals surface area (Å²) in [6.45, 7) is 3.58. The average Bonchev–Trinajstić information content (AvgIpc) is 2.57. The smallest absolute Gasteiger partial charge is 0.319 e. The number of Topliss-reactive ketones (excluding diaryl/α,β-unsaturated/α-hetero) is 1. The zero-order chi connectivity index (χ0) is 13.8. The number of rotatable bonds is 2. The predicted molar refractivity (Wildman–Crippen MR) is 68.2 cm³/mol. The largest absolute Gasteiger partial charge is 0.457 e. The first kappa shape index (κ1) is 12.9. The molecule has 1 saturated heterocycles. The highest BCUT2D eigenvalue weighted by Gasteiger charge is 2.77. The maximum atomic E-state index is 12.1. The number of ketones is 1. The summed E-state index contributed by atoms with van der Waals surface area (Å²) in [7, 11) is 0. The molecule has 1 N–H and O–H groups in total. The summed E-state index contributed by atoms with van der Waals surface area (Å²) in [6.07, 6.45) is 6.25. The van der Waals surface area contributed by atoms with Gasteiger partial charge in [-0.2, -0.15) is 0 Å². The Morgan fingerprint density at radius 1 is 1.47 bits per heavy atom. The van der Waals surface area contributed by atoms with Crippen LogP contribution in [0.25, 0.3) is 0 Å². The Hall–Kier alpha value is -1.16. The zero-order valence-electron chi connectivity index (χ0n) is 11.4. The van der Waals surface area contributed by atoms with E-state index in [4.69, 9.17) is 4.74 Å². The van der Waals surface area contributed by atoms with Crippen molar-refractivity contribution < 1.29 is 19.4 Å². The quantitative estimate of drug-likeness (QED) is 0.608. The summed E-state index contributed by atoms with van der Waals surface area (Å²) in [6, 6.07) is 0. The third kappa shape index (κ3) is 1.38. The van der Waals surface area contributed by atoms with E-state index in [9.17, 15) is 14.7 Å². The first-order chi connectivity index (χ1) is 8.93. The van der Waals surface area contributed by atoms with E-state index in [0.717, 1.165) is 19.3 Å². The fourth-order valence-electron chi connectivity index (χ4n) is 3.97. The molecule has 0 radical (unpaired) electrons. The molecule has 0 amide bonds. The first-order valence-electron chi connectivity index (χ1n) is 7.04. The molecule has 0 aromatic heterocycles. The maximum absolute atomic E-state index is 12.1. The minimum atomic E-state index is -1.02. The number of aliphatic hydroxyl groups excluding tert-OH is 1. The number of fused-ring (bicyclic) bond motifs is 1. The van der Waals surface area contributed by atoms with Crippen LogP contribution in [0.2, 0.25) is 0 Å². The topological polar surface area (TPSA) is 63.6 Å². The minimum Gasteiger partial charge on any atom is -0.457 e. The van der Waals surface area contributed by atoms with Crippen LogP contribution in [0.4, 0.5) is 0 Å². The Morgan fingerprint density at radius 2 is 2.21 bits per heavy atom. The van der Waals surface area contributed by atoms with Gasteiger partial charge in [0.2, 0.25) is 0 Å². The van der Waals surface area contributed by atoms with Crippen LogP contribution in [0.5, 0.6) is 0 Å². The lowest BCUT2D eigenvalue weighted by atomic mass is 9.61. The van der Waals surface area contributed by atoms with Crippen molar-refractivity contribution in [2.24, 2.45) is 17.3 Å². The number of esters is 1. The molecule has 104 valence electrons. The van der Waals surface area contributed by atoms with Gasteiger partial charge < -0.3 is 9.84 Å². The number of carbonyl (C=O) groups is 2. The van der Waals surface area contributed by atoms with E-state index >= 15 is 0 Å². The molecule has 1 aliphatic heterocycles. The molecular formula is C15H20O4. The number of hydrogen-bond donors (Lipinski definition) is 1. The lowest BCUT2D eigenvalue weighted by molar-refractivity contribution is -0.261. The molecule has 4 heteroatoms. The van der Waals surface area contributed by atoms with Gasteiger partial charge in [0.1, 0.15) is 16.8 Å². The van der Waals surface area contributed by atoms with Gasteiger partial charge in [-0.15, -0.1) is 0 Å². The Balaban J connectivity index is 1.97. The van der Waals surface area contributed by atoms with Crippen molar-refractivity contribution in [3.8, 4) is 0 Å². The van der Waals surface area contributed by atoms with E-state index in [1.807, 2.05) is 6.08 Å². The van der Waals surface area contributed by atoms with Crippen LogP contribution in [0, 0.1) is 17.3 Å². The van der Waals surface area contributed by atoms with Crippen LogP contribution in [0.3, 0.4) is 0 Å². The molecule has 3 rings (SSSR count). The second kappa shape index (κ2) is 3.92. The van der Waals surface area contributed by atoms with Gasteiger partial charge in [0.05, 0.1) is 12.0 Å². The third-order valence-electron chi connectivity index (χ3n) is 5.52. The molecule has 0 aromatic carbocycles. The van der Waals surface area contributed by atoms with Crippen molar-refractivity contribution in [3.05, 3.63) is 12.2 Å². The second-order valence-electron chi connectivity index (χ2n) is 6.30. The van der Waals surface area contributed by atoms with Crippen molar-refractivity contribution in [3.63, 3.8) is 0 Å². The molecule has 1 saturated carbocycles. The van der Waals surface area contributed by atoms with Gasteiger partial charge in [-0.05, 0) is 26.2 Å². The normalized spacial score (nSPS) is 46.5. The summed E-state index contributed by atoms with van der Waals surface area (Å²) in [5, 5.41) is 10.7. The van der Waals surface area contributed by atoms with Crippen molar-refractivity contribution in [2.45, 2.75) is 51.2 Å². The van der Waals surface area contributed by atoms with Gasteiger partial charge in [-0.1, -0.05) is 19.1 Å². The molecule has 1 heterocycles. The van der Waals surface area contributed by atoms with Crippen LogP contribution in [0.1, 0.15) is 39.5 Å². The fourth-order valence-corrected chi connectivity index (χ4v) is 3.97. The highest BCUT2D eigenvalue weighted by molar-refractivity contribution is 5.99. The Bertz CT molecular complexity index is 469. The molecule has 2 fully saturated rings. The third-order valence-corrected chi connectivity index (χ3v) is 5.52. The van der Waals surface area contributed by atoms with Crippen molar-refractivity contribution in [1.82, 2.24) is 0 Å². The van der Waals surface area contributed by atoms with Gasteiger partial charge in [-0.25, -0.2) is 0 Å². The van der Waals surface area contributed by atoms with Gasteiger partial charge >= 0.3 is 5.97 Å². The van der Waals surface area contributed by atoms with E-state index in [2.05, 4.69) is 6.08 Å². The molecule has 19 heavy (non-hydrogen) atoms. The van der Waals surface area contributed by atoms with Crippen LogP contribution in [0.15, 0.2) is 12.2 Å². The van der Waals surface area contributed by atoms with E-state index < -0.39 is 23.1 Å². The molecule has 2 aliphatic carbocycles. The van der Waals surface area contributed by atoms with E-state index in [1.54, 1.807) is 13.8 Å². The summed E-state index contributed by atoms with van der Waals surface area (Å²) in [5.74, 6) is -0.752. The van der Waals surface area contributed by atoms with Crippen molar-refractivity contribution >= 4 is 11.8 Å². The van der Waals surface area contributed by atoms with E-state index in [1.165, 1.54) is 0 Å². The molecule has 3 aliphatic rings. The van der Waals surface area contributed by atoms with Gasteiger partial charge in [0, 0.05) is 12.3 Å². The van der Waals surface area contributed by atoms with Crippen LogP contribution >= 0.6 is 0 Å². The van der Waals surface area contributed by atoms with Gasteiger partial charge in [0.15, 0.2) is 0 Å². The molecule has 0 bridgehead atoms. The second-order valence-corrected chi connectivity index (χ2v) is 6.30. The summed E-state index contributed by atoms with van der Waals surface area (Å²) >= 11 is 0. The molecular weight excluding hydrogens is 244 g/mol. The lowest BCUT2D eigenvalue weighted by Gasteiger charge is -2.55. The van der Waals surface area contributed by atoms with Crippen molar-refractivity contribution in [1.29, 1.82) is 0 Å². The van der Waals surface area contributed by atoms with E-state index in [-0.39, 0.29) is 24.0 Å². The van der Waals surface area contributed by atoms with Gasteiger partial charge in [0.25, 0.3) is 0 Å². The Labute approximate surface area is 112 Å². The van der Waals surface area contributed by atoms with Crippen LogP contribution < -0.4 is 0 Å². The summed E-state index contributed by atoms with van der Waals surface area (Å²) in [4.78, 5) is 24.1. The van der Waals surface area contributed by atoms with E-state index in [0.29, 0.717) is 0 Å². The van der Waals surface area contributed by atoms with Crippen LogP contribution in [-0.2, 0) is 14.3 Å². The molecule has 0 unspecified atom stereocenters. The molecule has 5 atom stereocenters.